The van der Waals surface area contributed by atoms with Gasteiger partial charge in [0.15, 0.2) is 0 Å². The maximum Gasteiger partial charge on any atom is 0.128 e. The highest BCUT2D eigenvalue weighted by molar-refractivity contribution is 6.30. The van der Waals surface area contributed by atoms with Gasteiger partial charge in [-0.05, 0) is 49.4 Å². The van der Waals surface area contributed by atoms with Gasteiger partial charge >= 0.3 is 0 Å². The quantitative estimate of drug-likeness (QED) is 0.843. The first-order valence-corrected chi connectivity index (χ1v) is 7.44. The zero-order valence-electron chi connectivity index (χ0n) is 12.2. The van der Waals surface area contributed by atoms with Crippen LogP contribution in [0.2, 0.25) is 5.02 Å². The van der Waals surface area contributed by atoms with Crippen LogP contribution in [0.1, 0.15) is 31.0 Å². The minimum Gasteiger partial charge on any atom is -0.494 e. The molecular formula is C17H19ClFNO. The van der Waals surface area contributed by atoms with Gasteiger partial charge in [0.05, 0.1) is 12.6 Å². The summed E-state index contributed by atoms with van der Waals surface area (Å²) in [5.74, 6) is 0.507. The predicted octanol–water partition coefficient (Wildman–Crippen LogP) is 4.58. The molecule has 0 aliphatic carbocycles. The van der Waals surface area contributed by atoms with E-state index in [4.69, 9.17) is 16.3 Å². The molecular weight excluding hydrogens is 289 g/mol. The van der Waals surface area contributed by atoms with Crippen LogP contribution in [-0.4, -0.2) is 13.2 Å². The van der Waals surface area contributed by atoms with E-state index < -0.39 is 0 Å². The van der Waals surface area contributed by atoms with Gasteiger partial charge in [0, 0.05) is 10.6 Å². The molecule has 2 rings (SSSR count). The van der Waals surface area contributed by atoms with Crippen molar-refractivity contribution in [2.45, 2.75) is 19.9 Å². The maximum absolute atomic E-state index is 14.1. The molecule has 112 valence electrons. The number of benzene rings is 2. The Balaban J connectivity index is 2.42. The van der Waals surface area contributed by atoms with Crippen molar-refractivity contribution in [1.29, 1.82) is 0 Å². The summed E-state index contributed by atoms with van der Waals surface area (Å²) in [6.07, 6.45) is 0. The van der Waals surface area contributed by atoms with E-state index in [9.17, 15) is 4.39 Å². The Labute approximate surface area is 129 Å². The molecule has 0 amide bonds. The molecule has 1 atom stereocenters. The van der Waals surface area contributed by atoms with Gasteiger partial charge in [-0.15, -0.1) is 0 Å². The van der Waals surface area contributed by atoms with Gasteiger partial charge in [0.1, 0.15) is 11.6 Å². The summed E-state index contributed by atoms with van der Waals surface area (Å²) >= 11 is 6.01. The standard InChI is InChI=1S/C17H19ClFNO/c1-3-20-17(15-11-13(18)8-9-16(15)19)12-6-5-7-14(10-12)21-4-2/h5-11,17,20H,3-4H2,1-2H3. The summed E-state index contributed by atoms with van der Waals surface area (Å²) in [5.41, 5.74) is 1.49. The highest BCUT2D eigenvalue weighted by Gasteiger charge is 2.18. The molecule has 0 aromatic heterocycles. The van der Waals surface area contributed by atoms with Crippen LogP contribution in [0.25, 0.3) is 0 Å². The molecule has 0 bridgehead atoms. The van der Waals surface area contributed by atoms with Gasteiger partial charge < -0.3 is 10.1 Å². The molecule has 4 heteroatoms. The minimum atomic E-state index is -0.271. The van der Waals surface area contributed by atoms with Crippen molar-refractivity contribution in [2.24, 2.45) is 0 Å². The molecule has 1 N–H and O–H groups in total. The van der Waals surface area contributed by atoms with Crippen molar-refractivity contribution >= 4 is 11.6 Å². The fourth-order valence-corrected chi connectivity index (χ4v) is 2.48. The zero-order valence-corrected chi connectivity index (χ0v) is 13.0. The lowest BCUT2D eigenvalue weighted by molar-refractivity contribution is 0.339. The molecule has 0 aliphatic heterocycles. The van der Waals surface area contributed by atoms with E-state index in [2.05, 4.69) is 5.32 Å². The smallest absolute Gasteiger partial charge is 0.128 e. The Kier molecular flexibility index (Phi) is 5.59. The van der Waals surface area contributed by atoms with E-state index in [0.29, 0.717) is 17.2 Å². The SMILES string of the molecule is CCNC(c1cccc(OCC)c1)c1cc(Cl)ccc1F. The number of halogens is 2. The Morgan fingerprint density at radius 1 is 1.19 bits per heavy atom. The van der Waals surface area contributed by atoms with E-state index in [1.165, 1.54) is 6.07 Å². The highest BCUT2D eigenvalue weighted by atomic mass is 35.5. The number of hydrogen-bond acceptors (Lipinski definition) is 2. The van der Waals surface area contributed by atoms with Crippen molar-refractivity contribution in [1.82, 2.24) is 5.32 Å². The first-order chi connectivity index (χ1) is 10.2. The average molecular weight is 308 g/mol. The second-order valence-corrected chi connectivity index (χ2v) is 5.10. The molecule has 2 aromatic carbocycles. The lowest BCUT2D eigenvalue weighted by Gasteiger charge is -2.20. The monoisotopic (exact) mass is 307 g/mol. The van der Waals surface area contributed by atoms with Crippen LogP contribution in [-0.2, 0) is 0 Å². The molecule has 0 fully saturated rings. The van der Waals surface area contributed by atoms with Gasteiger partial charge in [-0.1, -0.05) is 30.7 Å². The van der Waals surface area contributed by atoms with Gasteiger partial charge in [0.25, 0.3) is 0 Å². The molecule has 0 heterocycles. The molecule has 0 spiro atoms. The van der Waals surface area contributed by atoms with Crippen LogP contribution in [0, 0.1) is 5.82 Å². The number of ether oxygens (including phenoxy) is 1. The summed E-state index contributed by atoms with van der Waals surface area (Å²) in [6, 6.07) is 12.0. The first kappa shape index (κ1) is 15.8. The number of rotatable bonds is 6. The molecule has 0 saturated carbocycles. The Hall–Kier alpha value is -1.58. The third-order valence-corrected chi connectivity index (χ3v) is 3.41. The third kappa shape index (κ3) is 3.96. The minimum absolute atomic E-state index is 0.255. The summed E-state index contributed by atoms with van der Waals surface area (Å²) in [4.78, 5) is 0. The molecule has 0 aliphatic rings. The fourth-order valence-electron chi connectivity index (χ4n) is 2.30. The summed E-state index contributed by atoms with van der Waals surface area (Å²) in [5, 5.41) is 3.82. The Bertz CT molecular complexity index is 603. The van der Waals surface area contributed by atoms with Crippen molar-refractivity contribution in [3.8, 4) is 5.75 Å². The van der Waals surface area contributed by atoms with Crippen LogP contribution >= 0.6 is 11.6 Å². The van der Waals surface area contributed by atoms with Gasteiger partial charge in [-0.25, -0.2) is 4.39 Å². The van der Waals surface area contributed by atoms with E-state index in [0.717, 1.165) is 17.9 Å². The van der Waals surface area contributed by atoms with E-state index in [1.807, 2.05) is 38.1 Å². The number of hydrogen-bond donors (Lipinski definition) is 1. The van der Waals surface area contributed by atoms with Crippen LogP contribution in [0.15, 0.2) is 42.5 Å². The zero-order chi connectivity index (χ0) is 15.2. The normalized spacial score (nSPS) is 12.2. The van der Waals surface area contributed by atoms with Crippen molar-refractivity contribution < 1.29 is 9.13 Å². The predicted molar refractivity (Wildman–Crippen MR) is 84.5 cm³/mol. The van der Waals surface area contributed by atoms with E-state index >= 15 is 0 Å². The van der Waals surface area contributed by atoms with Crippen molar-refractivity contribution in [3.63, 3.8) is 0 Å². The highest BCUT2D eigenvalue weighted by Crippen LogP contribution is 2.29. The maximum atomic E-state index is 14.1. The Morgan fingerprint density at radius 2 is 2.00 bits per heavy atom. The van der Waals surface area contributed by atoms with Gasteiger partial charge in [-0.3, -0.25) is 0 Å². The summed E-state index contributed by atoms with van der Waals surface area (Å²) in [7, 11) is 0. The first-order valence-electron chi connectivity index (χ1n) is 7.06. The van der Waals surface area contributed by atoms with Crippen molar-refractivity contribution in [2.75, 3.05) is 13.2 Å². The second kappa shape index (κ2) is 7.43. The summed E-state index contributed by atoms with van der Waals surface area (Å²) in [6.45, 7) is 5.24. The van der Waals surface area contributed by atoms with Crippen LogP contribution in [0.4, 0.5) is 4.39 Å². The molecule has 0 radical (unpaired) electrons. The topological polar surface area (TPSA) is 21.3 Å². The third-order valence-electron chi connectivity index (χ3n) is 3.18. The van der Waals surface area contributed by atoms with Gasteiger partial charge in [0.2, 0.25) is 0 Å². The van der Waals surface area contributed by atoms with E-state index in [-0.39, 0.29) is 11.9 Å². The number of nitrogens with one attached hydrogen (secondary N) is 1. The average Bonchev–Trinajstić information content (AvgIpc) is 2.48. The van der Waals surface area contributed by atoms with E-state index in [1.54, 1.807) is 12.1 Å². The molecule has 2 nitrogen and oxygen atoms in total. The lowest BCUT2D eigenvalue weighted by Crippen LogP contribution is -2.23. The summed E-state index contributed by atoms with van der Waals surface area (Å²) < 4.78 is 19.7. The van der Waals surface area contributed by atoms with Gasteiger partial charge in [-0.2, -0.15) is 0 Å². The van der Waals surface area contributed by atoms with Crippen LogP contribution in [0.3, 0.4) is 0 Å². The molecule has 0 saturated heterocycles. The second-order valence-electron chi connectivity index (χ2n) is 4.66. The van der Waals surface area contributed by atoms with Crippen LogP contribution in [0.5, 0.6) is 5.75 Å². The van der Waals surface area contributed by atoms with Crippen LogP contribution < -0.4 is 10.1 Å². The molecule has 21 heavy (non-hydrogen) atoms. The largest absolute Gasteiger partial charge is 0.494 e. The van der Waals surface area contributed by atoms with Crippen molar-refractivity contribution in [3.05, 3.63) is 64.4 Å². The Morgan fingerprint density at radius 3 is 2.71 bits per heavy atom. The lowest BCUT2D eigenvalue weighted by atomic mass is 9.98. The molecule has 1 unspecified atom stereocenters. The fraction of sp³-hybridized carbons (Fsp3) is 0.294. The molecule has 2 aromatic rings.